The molecule has 1 amide bonds. The minimum Gasteiger partial charge on any atom is -0.346 e. The van der Waals surface area contributed by atoms with Crippen LogP contribution in [0.25, 0.3) is 0 Å². The Hall–Kier alpha value is -2.77. The summed E-state index contributed by atoms with van der Waals surface area (Å²) >= 11 is 0. The second kappa shape index (κ2) is 5.25. The predicted octanol–water partition coefficient (Wildman–Crippen LogP) is 1.39. The molecule has 0 saturated carbocycles. The number of non-ortho nitro benzene ring substituents is 1. The van der Waals surface area contributed by atoms with Crippen molar-refractivity contribution in [2.75, 3.05) is 0 Å². The third-order valence-electron chi connectivity index (χ3n) is 2.35. The predicted molar refractivity (Wildman–Crippen MR) is 62.8 cm³/mol. The number of carbonyl (C=O) groups excluding carboxylic acids is 1. The molecule has 2 N–H and O–H groups in total. The van der Waals surface area contributed by atoms with E-state index in [2.05, 4.69) is 15.5 Å². The molecule has 19 heavy (non-hydrogen) atoms. The molecule has 98 valence electrons. The fraction of sp³-hybridized carbons (Fsp3) is 0.0909. The van der Waals surface area contributed by atoms with Gasteiger partial charge in [-0.15, -0.1) is 0 Å². The van der Waals surface area contributed by atoms with Crippen molar-refractivity contribution >= 4 is 11.6 Å². The summed E-state index contributed by atoms with van der Waals surface area (Å²) in [6.45, 7) is 0.170. The van der Waals surface area contributed by atoms with Crippen molar-refractivity contribution in [3.05, 3.63) is 57.7 Å². The van der Waals surface area contributed by atoms with Crippen LogP contribution in [0.4, 0.5) is 10.1 Å². The van der Waals surface area contributed by atoms with Crippen molar-refractivity contribution in [3.8, 4) is 0 Å². The number of aromatic amines is 1. The average molecular weight is 264 g/mol. The van der Waals surface area contributed by atoms with Crippen molar-refractivity contribution < 1.29 is 14.1 Å². The molecule has 0 unspecified atom stereocenters. The number of nitro benzene ring substituents is 1. The van der Waals surface area contributed by atoms with Crippen LogP contribution in [0.3, 0.4) is 0 Å². The SMILES string of the molecule is O=C(NCc1ccn[nH]1)c1cc(F)cc([N+](=O)[O-])c1. The third kappa shape index (κ3) is 3.12. The molecular weight excluding hydrogens is 255 g/mol. The zero-order valence-electron chi connectivity index (χ0n) is 9.59. The van der Waals surface area contributed by atoms with E-state index < -0.39 is 22.3 Å². The first-order valence-electron chi connectivity index (χ1n) is 5.27. The summed E-state index contributed by atoms with van der Waals surface area (Å²) in [6.07, 6.45) is 1.52. The topological polar surface area (TPSA) is 101 Å². The summed E-state index contributed by atoms with van der Waals surface area (Å²) in [7, 11) is 0. The van der Waals surface area contributed by atoms with E-state index in [1.54, 1.807) is 6.07 Å². The van der Waals surface area contributed by atoms with E-state index in [-0.39, 0.29) is 12.1 Å². The van der Waals surface area contributed by atoms with Crippen LogP contribution in [0.1, 0.15) is 16.1 Å². The Bertz CT molecular complexity index is 612. The molecule has 1 aromatic carbocycles. The highest BCUT2D eigenvalue weighted by atomic mass is 19.1. The number of nitro groups is 1. The van der Waals surface area contributed by atoms with Crippen LogP contribution in [0, 0.1) is 15.9 Å². The molecule has 1 heterocycles. The average Bonchev–Trinajstić information content (AvgIpc) is 2.88. The minimum absolute atomic E-state index is 0.105. The fourth-order valence-corrected chi connectivity index (χ4v) is 1.47. The van der Waals surface area contributed by atoms with Crippen molar-refractivity contribution in [1.82, 2.24) is 15.5 Å². The highest BCUT2D eigenvalue weighted by Crippen LogP contribution is 2.16. The van der Waals surface area contributed by atoms with Gasteiger partial charge in [0.1, 0.15) is 5.82 Å². The van der Waals surface area contributed by atoms with Gasteiger partial charge in [-0.1, -0.05) is 0 Å². The Morgan fingerprint density at radius 3 is 2.89 bits per heavy atom. The van der Waals surface area contributed by atoms with E-state index in [4.69, 9.17) is 0 Å². The quantitative estimate of drug-likeness (QED) is 0.643. The first-order valence-corrected chi connectivity index (χ1v) is 5.27. The number of nitrogens with zero attached hydrogens (tertiary/aromatic N) is 2. The maximum Gasteiger partial charge on any atom is 0.273 e. The largest absolute Gasteiger partial charge is 0.346 e. The van der Waals surface area contributed by atoms with Gasteiger partial charge in [-0.05, 0) is 12.1 Å². The lowest BCUT2D eigenvalue weighted by Gasteiger charge is -2.04. The summed E-state index contributed by atoms with van der Waals surface area (Å²) in [5, 5.41) is 19.4. The molecule has 8 heteroatoms. The first-order chi connectivity index (χ1) is 9.06. The molecule has 0 spiro atoms. The molecule has 0 aliphatic rings. The highest BCUT2D eigenvalue weighted by molar-refractivity contribution is 5.94. The molecule has 1 aromatic heterocycles. The molecule has 0 bridgehead atoms. The molecule has 7 nitrogen and oxygen atoms in total. The Labute approximate surface area is 106 Å². The second-order valence-electron chi connectivity index (χ2n) is 3.72. The molecule has 0 radical (unpaired) electrons. The van der Waals surface area contributed by atoms with Gasteiger partial charge in [0.25, 0.3) is 11.6 Å². The summed E-state index contributed by atoms with van der Waals surface area (Å²) in [6, 6.07) is 4.38. The van der Waals surface area contributed by atoms with Gasteiger partial charge >= 0.3 is 0 Å². The molecule has 2 rings (SSSR count). The number of hydrogen-bond acceptors (Lipinski definition) is 4. The zero-order valence-corrected chi connectivity index (χ0v) is 9.59. The van der Waals surface area contributed by atoms with Crippen LogP contribution in [0.2, 0.25) is 0 Å². The standard InChI is InChI=1S/C11H9FN4O3/c12-8-3-7(4-10(5-8)16(18)19)11(17)13-6-9-1-2-14-15-9/h1-5H,6H2,(H,13,17)(H,14,15). The Kier molecular flexibility index (Phi) is 3.51. The van der Waals surface area contributed by atoms with Crippen LogP contribution in [-0.4, -0.2) is 21.0 Å². The summed E-state index contributed by atoms with van der Waals surface area (Å²) in [5.41, 5.74) is 0.0946. The summed E-state index contributed by atoms with van der Waals surface area (Å²) in [5.74, 6) is -1.43. The van der Waals surface area contributed by atoms with Crippen molar-refractivity contribution in [2.45, 2.75) is 6.54 Å². The molecule has 0 atom stereocenters. The van der Waals surface area contributed by atoms with Gasteiger partial charge in [-0.3, -0.25) is 20.0 Å². The summed E-state index contributed by atoms with van der Waals surface area (Å²) < 4.78 is 13.2. The van der Waals surface area contributed by atoms with Gasteiger partial charge in [0.05, 0.1) is 23.2 Å². The lowest BCUT2D eigenvalue weighted by Crippen LogP contribution is -2.23. The molecule has 0 aliphatic carbocycles. The van der Waals surface area contributed by atoms with Crippen LogP contribution in [0.15, 0.2) is 30.5 Å². The molecule has 2 aromatic rings. The maximum absolute atomic E-state index is 13.2. The first kappa shape index (κ1) is 12.7. The second-order valence-corrected chi connectivity index (χ2v) is 3.72. The number of amides is 1. The van der Waals surface area contributed by atoms with Crippen LogP contribution < -0.4 is 5.32 Å². The Morgan fingerprint density at radius 2 is 2.26 bits per heavy atom. The molecular formula is C11H9FN4O3. The normalized spacial score (nSPS) is 10.2. The Morgan fingerprint density at radius 1 is 1.47 bits per heavy atom. The molecule has 0 fully saturated rings. The molecule has 0 aliphatic heterocycles. The summed E-state index contributed by atoms with van der Waals surface area (Å²) in [4.78, 5) is 21.5. The van der Waals surface area contributed by atoms with E-state index in [0.29, 0.717) is 5.69 Å². The third-order valence-corrected chi connectivity index (χ3v) is 2.35. The van der Waals surface area contributed by atoms with Gasteiger partial charge in [0, 0.05) is 17.8 Å². The van der Waals surface area contributed by atoms with Crippen molar-refractivity contribution in [3.63, 3.8) is 0 Å². The lowest BCUT2D eigenvalue weighted by atomic mass is 10.2. The smallest absolute Gasteiger partial charge is 0.273 e. The number of halogens is 1. The zero-order chi connectivity index (χ0) is 13.8. The minimum atomic E-state index is -0.833. The number of nitrogens with one attached hydrogen (secondary N) is 2. The van der Waals surface area contributed by atoms with Crippen LogP contribution in [-0.2, 0) is 6.54 Å². The number of H-pyrrole nitrogens is 1. The monoisotopic (exact) mass is 264 g/mol. The molecule has 0 saturated heterocycles. The van der Waals surface area contributed by atoms with Crippen LogP contribution in [0.5, 0.6) is 0 Å². The number of carbonyl (C=O) groups is 1. The van der Waals surface area contributed by atoms with Gasteiger partial charge < -0.3 is 5.32 Å². The van der Waals surface area contributed by atoms with Gasteiger partial charge in [-0.2, -0.15) is 5.10 Å². The van der Waals surface area contributed by atoms with Gasteiger partial charge in [0.2, 0.25) is 0 Å². The maximum atomic E-state index is 13.2. The number of benzene rings is 1. The fourth-order valence-electron chi connectivity index (χ4n) is 1.47. The Balaban J connectivity index is 2.12. The lowest BCUT2D eigenvalue weighted by molar-refractivity contribution is -0.385. The number of aromatic nitrogens is 2. The highest BCUT2D eigenvalue weighted by Gasteiger charge is 2.14. The number of rotatable bonds is 4. The van der Waals surface area contributed by atoms with Crippen molar-refractivity contribution in [1.29, 1.82) is 0 Å². The van der Waals surface area contributed by atoms with Crippen LogP contribution >= 0.6 is 0 Å². The van der Waals surface area contributed by atoms with E-state index in [0.717, 1.165) is 18.2 Å². The van der Waals surface area contributed by atoms with Gasteiger partial charge in [0.15, 0.2) is 0 Å². The van der Waals surface area contributed by atoms with E-state index in [9.17, 15) is 19.3 Å². The van der Waals surface area contributed by atoms with E-state index >= 15 is 0 Å². The number of hydrogen-bond donors (Lipinski definition) is 2. The van der Waals surface area contributed by atoms with E-state index in [1.807, 2.05) is 0 Å². The van der Waals surface area contributed by atoms with E-state index in [1.165, 1.54) is 6.20 Å². The van der Waals surface area contributed by atoms with Gasteiger partial charge in [-0.25, -0.2) is 4.39 Å². The van der Waals surface area contributed by atoms with Crippen molar-refractivity contribution in [2.24, 2.45) is 0 Å².